The van der Waals surface area contributed by atoms with Crippen LogP contribution in [0.15, 0.2) is 53.9 Å². The zero-order valence-corrected chi connectivity index (χ0v) is 23.4. The van der Waals surface area contributed by atoms with Crippen LogP contribution >= 0.6 is 22.9 Å². The standard InChI is InChI=1S/C29H34ClN3O3S/c1-5-21(4)33(29(35)31-22-8-6-19(2)7-9-22)17-28(34)32-14-12-27-24(13-15-37-27)26(32)18-36-23-10-11-25(30)20(3)16-23/h6-11,13,15-16,21,26H,5,12,14,17-18H2,1-4H3,(H,31,35)/t21-,26-/m1/s1. The highest BCUT2D eigenvalue weighted by Crippen LogP contribution is 2.34. The average Bonchev–Trinajstić information content (AvgIpc) is 3.37. The number of aryl methyl sites for hydroxylation is 2. The first-order valence-electron chi connectivity index (χ1n) is 12.7. The number of hydrogen-bond donors (Lipinski definition) is 1. The number of urea groups is 1. The highest BCUT2D eigenvalue weighted by molar-refractivity contribution is 7.10. The lowest BCUT2D eigenvalue weighted by atomic mass is 10.00. The fourth-order valence-electron chi connectivity index (χ4n) is 4.47. The van der Waals surface area contributed by atoms with Crippen molar-refractivity contribution in [1.29, 1.82) is 0 Å². The lowest BCUT2D eigenvalue weighted by molar-refractivity contribution is -0.135. The van der Waals surface area contributed by atoms with Gasteiger partial charge in [-0.3, -0.25) is 4.79 Å². The van der Waals surface area contributed by atoms with Crippen LogP contribution in [0, 0.1) is 13.8 Å². The van der Waals surface area contributed by atoms with E-state index in [2.05, 4.69) is 16.8 Å². The zero-order chi connectivity index (χ0) is 26.5. The highest BCUT2D eigenvalue weighted by Gasteiger charge is 2.34. The molecule has 2 heterocycles. The third-order valence-electron chi connectivity index (χ3n) is 6.94. The normalized spacial score (nSPS) is 15.6. The van der Waals surface area contributed by atoms with Gasteiger partial charge in [-0.25, -0.2) is 4.79 Å². The van der Waals surface area contributed by atoms with E-state index < -0.39 is 0 Å². The Bertz CT molecular complexity index is 1240. The fourth-order valence-corrected chi connectivity index (χ4v) is 5.52. The molecule has 8 heteroatoms. The van der Waals surface area contributed by atoms with Gasteiger partial charge in [-0.15, -0.1) is 11.3 Å². The average molecular weight is 540 g/mol. The second kappa shape index (κ2) is 12.0. The molecule has 37 heavy (non-hydrogen) atoms. The number of thiophene rings is 1. The number of carbonyl (C=O) groups excluding carboxylic acids is 2. The van der Waals surface area contributed by atoms with Crippen molar-refractivity contribution in [3.63, 3.8) is 0 Å². The molecule has 0 unspecified atom stereocenters. The maximum atomic E-state index is 13.7. The molecule has 3 aromatic rings. The van der Waals surface area contributed by atoms with Crippen molar-refractivity contribution in [3.8, 4) is 5.75 Å². The predicted octanol–water partition coefficient (Wildman–Crippen LogP) is 6.86. The quantitative estimate of drug-likeness (QED) is 0.340. The van der Waals surface area contributed by atoms with Crippen molar-refractivity contribution >= 4 is 40.6 Å². The van der Waals surface area contributed by atoms with Gasteiger partial charge in [-0.2, -0.15) is 0 Å². The Morgan fingerprint density at radius 1 is 1.19 bits per heavy atom. The van der Waals surface area contributed by atoms with Gasteiger partial charge in [0.25, 0.3) is 0 Å². The van der Waals surface area contributed by atoms with E-state index in [1.807, 2.05) is 75.1 Å². The molecule has 1 aromatic heterocycles. The first-order chi connectivity index (χ1) is 17.8. The van der Waals surface area contributed by atoms with E-state index in [9.17, 15) is 9.59 Å². The summed E-state index contributed by atoms with van der Waals surface area (Å²) in [4.78, 5) is 31.7. The van der Waals surface area contributed by atoms with Crippen LogP contribution in [0.3, 0.4) is 0 Å². The van der Waals surface area contributed by atoms with Gasteiger partial charge in [0.2, 0.25) is 5.91 Å². The Kier molecular flexibility index (Phi) is 8.77. The molecule has 0 spiro atoms. The molecule has 0 radical (unpaired) electrons. The monoisotopic (exact) mass is 539 g/mol. The number of ether oxygens (including phenoxy) is 1. The van der Waals surface area contributed by atoms with Crippen LogP contribution in [-0.2, 0) is 11.2 Å². The van der Waals surface area contributed by atoms with Gasteiger partial charge in [-0.1, -0.05) is 36.2 Å². The maximum Gasteiger partial charge on any atom is 0.322 e. The lowest BCUT2D eigenvalue weighted by Gasteiger charge is -2.38. The van der Waals surface area contributed by atoms with Gasteiger partial charge in [-0.05, 0) is 86.5 Å². The first-order valence-corrected chi connectivity index (χ1v) is 13.9. The van der Waals surface area contributed by atoms with Crippen LogP contribution in [0.2, 0.25) is 5.02 Å². The van der Waals surface area contributed by atoms with Crippen LogP contribution in [0.4, 0.5) is 10.5 Å². The molecule has 2 atom stereocenters. The molecule has 6 nitrogen and oxygen atoms in total. The van der Waals surface area contributed by atoms with Gasteiger partial charge >= 0.3 is 6.03 Å². The van der Waals surface area contributed by atoms with E-state index in [1.54, 1.807) is 16.2 Å². The summed E-state index contributed by atoms with van der Waals surface area (Å²) in [6.45, 7) is 8.85. The molecule has 1 N–H and O–H groups in total. The lowest BCUT2D eigenvalue weighted by Crippen LogP contribution is -2.50. The molecule has 0 saturated carbocycles. The second-order valence-corrected chi connectivity index (χ2v) is 11.0. The molecule has 1 aliphatic heterocycles. The topological polar surface area (TPSA) is 61.9 Å². The molecule has 0 saturated heterocycles. The first kappa shape index (κ1) is 27.0. The zero-order valence-electron chi connectivity index (χ0n) is 21.8. The predicted molar refractivity (Wildman–Crippen MR) is 151 cm³/mol. The maximum absolute atomic E-state index is 13.7. The molecule has 2 aromatic carbocycles. The van der Waals surface area contributed by atoms with Crippen molar-refractivity contribution < 1.29 is 14.3 Å². The Morgan fingerprint density at radius 3 is 2.65 bits per heavy atom. The number of hydrogen-bond acceptors (Lipinski definition) is 4. The summed E-state index contributed by atoms with van der Waals surface area (Å²) in [6, 6.07) is 14.7. The number of nitrogens with zero attached hydrogens (tertiary/aromatic N) is 2. The van der Waals surface area contributed by atoms with E-state index in [1.165, 1.54) is 4.88 Å². The third kappa shape index (κ3) is 6.46. The SMILES string of the molecule is CC[C@@H](C)N(CC(=O)N1CCc2sccc2[C@H]1COc1ccc(Cl)c(C)c1)C(=O)Nc1ccc(C)cc1. The summed E-state index contributed by atoms with van der Waals surface area (Å²) < 4.78 is 6.16. The Labute approximate surface area is 228 Å². The van der Waals surface area contributed by atoms with Crippen LogP contribution in [0.1, 0.15) is 47.9 Å². The number of fused-ring (bicyclic) bond motifs is 1. The number of carbonyl (C=O) groups is 2. The van der Waals surface area contributed by atoms with E-state index in [0.717, 1.165) is 35.3 Å². The number of amides is 3. The number of anilines is 1. The Hall–Kier alpha value is -3.03. The van der Waals surface area contributed by atoms with Crippen molar-refractivity contribution in [3.05, 3.63) is 80.5 Å². The van der Waals surface area contributed by atoms with Crippen molar-refractivity contribution in [1.82, 2.24) is 9.80 Å². The van der Waals surface area contributed by atoms with Crippen LogP contribution in [0.25, 0.3) is 0 Å². The number of halogens is 1. The van der Waals surface area contributed by atoms with Crippen LogP contribution in [-0.4, -0.2) is 47.5 Å². The van der Waals surface area contributed by atoms with Gasteiger partial charge < -0.3 is 19.9 Å². The van der Waals surface area contributed by atoms with E-state index >= 15 is 0 Å². The van der Waals surface area contributed by atoms with Crippen LogP contribution < -0.4 is 10.1 Å². The molecule has 0 bridgehead atoms. The molecular formula is C29H34ClN3O3S. The minimum atomic E-state index is -0.274. The summed E-state index contributed by atoms with van der Waals surface area (Å²) in [5.41, 5.74) is 3.89. The highest BCUT2D eigenvalue weighted by atomic mass is 35.5. The molecule has 1 aliphatic rings. The van der Waals surface area contributed by atoms with Crippen molar-refractivity contribution in [2.24, 2.45) is 0 Å². The van der Waals surface area contributed by atoms with Gasteiger partial charge in [0.05, 0.1) is 6.04 Å². The fraction of sp³-hybridized carbons (Fsp3) is 0.379. The Balaban J connectivity index is 1.51. The van der Waals surface area contributed by atoms with Gasteiger partial charge in [0.15, 0.2) is 0 Å². The Morgan fingerprint density at radius 2 is 1.95 bits per heavy atom. The van der Waals surface area contributed by atoms with Crippen molar-refractivity contribution in [2.45, 2.75) is 52.6 Å². The minimum absolute atomic E-state index is 0.00270. The molecule has 0 aliphatic carbocycles. The van der Waals surface area contributed by atoms with Crippen molar-refractivity contribution in [2.75, 3.05) is 25.0 Å². The molecule has 196 valence electrons. The second-order valence-electron chi connectivity index (χ2n) is 9.56. The molecular weight excluding hydrogens is 506 g/mol. The van der Waals surface area contributed by atoms with Crippen LogP contribution in [0.5, 0.6) is 5.75 Å². The van der Waals surface area contributed by atoms with E-state index in [-0.39, 0.29) is 30.6 Å². The molecule has 0 fully saturated rings. The summed E-state index contributed by atoms with van der Waals surface area (Å²) in [5, 5.41) is 5.71. The smallest absolute Gasteiger partial charge is 0.322 e. The number of rotatable bonds is 8. The third-order valence-corrected chi connectivity index (χ3v) is 8.37. The van der Waals surface area contributed by atoms with Gasteiger partial charge in [0.1, 0.15) is 18.9 Å². The summed E-state index contributed by atoms with van der Waals surface area (Å²) in [5.74, 6) is 0.632. The number of nitrogens with one attached hydrogen (secondary N) is 1. The van der Waals surface area contributed by atoms with E-state index in [0.29, 0.717) is 23.9 Å². The molecule has 3 amide bonds. The van der Waals surface area contributed by atoms with Gasteiger partial charge in [0, 0.05) is 28.2 Å². The minimum Gasteiger partial charge on any atom is -0.491 e. The summed E-state index contributed by atoms with van der Waals surface area (Å²) in [6.07, 6.45) is 1.54. The molecule has 4 rings (SSSR count). The largest absolute Gasteiger partial charge is 0.491 e. The number of benzene rings is 2. The summed E-state index contributed by atoms with van der Waals surface area (Å²) >= 11 is 7.88. The van der Waals surface area contributed by atoms with E-state index in [4.69, 9.17) is 16.3 Å². The summed E-state index contributed by atoms with van der Waals surface area (Å²) in [7, 11) is 0.